The molecule has 11 heteroatoms. The van der Waals surface area contributed by atoms with Crippen molar-refractivity contribution in [2.75, 3.05) is 6.61 Å². The molecule has 3 atom stereocenters. The van der Waals surface area contributed by atoms with Crippen LogP contribution in [0.3, 0.4) is 0 Å². The standard InChI is InChI=1S/C23H37NO7SSi2/c1-15(31-34(8,9)23(2,3)4)17-18(25)24(19(26)21(27)30-13-14-33(5,6)7)20(17)32-22(28)16-11-10-12-29-16/h10-12,15,17,20H,13-14H2,1-9H3/t15-,17+,20-/m1/s1. The Morgan fingerprint density at radius 2 is 1.79 bits per heavy atom. The molecule has 1 aromatic heterocycles. The number of imide groups is 1. The van der Waals surface area contributed by atoms with Crippen molar-refractivity contribution in [3.63, 3.8) is 0 Å². The van der Waals surface area contributed by atoms with Crippen LogP contribution in [0.2, 0.25) is 43.8 Å². The Labute approximate surface area is 208 Å². The van der Waals surface area contributed by atoms with Crippen LogP contribution in [0.1, 0.15) is 38.2 Å². The van der Waals surface area contributed by atoms with Gasteiger partial charge >= 0.3 is 11.9 Å². The fourth-order valence-corrected chi connectivity index (χ4v) is 6.53. The molecule has 0 N–H and O–H groups in total. The van der Waals surface area contributed by atoms with Crippen molar-refractivity contribution in [3.05, 3.63) is 24.2 Å². The van der Waals surface area contributed by atoms with Gasteiger partial charge in [-0.1, -0.05) is 52.2 Å². The number of rotatable bonds is 8. The van der Waals surface area contributed by atoms with E-state index in [1.807, 2.05) is 0 Å². The van der Waals surface area contributed by atoms with E-state index in [0.717, 1.165) is 16.7 Å². The van der Waals surface area contributed by atoms with Crippen molar-refractivity contribution >= 4 is 51.1 Å². The molecule has 1 aliphatic rings. The van der Waals surface area contributed by atoms with E-state index in [1.165, 1.54) is 12.3 Å². The molecular weight excluding hydrogens is 490 g/mol. The largest absolute Gasteiger partial charge is 0.460 e. The highest BCUT2D eigenvalue weighted by Crippen LogP contribution is 2.43. The summed E-state index contributed by atoms with van der Waals surface area (Å²) < 4.78 is 16.7. The number of hydrogen-bond acceptors (Lipinski definition) is 8. The first-order valence-electron chi connectivity index (χ1n) is 11.4. The number of hydrogen-bond donors (Lipinski definition) is 0. The fourth-order valence-electron chi connectivity index (χ4n) is 3.15. The van der Waals surface area contributed by atoms with Gasteiger partial charge in [0.15, 0.2) is 14.1 Å². The number of β-lactam (4-membered cyclic amide) rings is 1. The second-order valence-electron chi connectivity index (χ2n) is 11.3. The molecule has 0 bridgehead atoms. The van der Waals surface area contributed by atoms with Crippen LogP contribution >= 0.6 is 11.8 Å². The van der Waals surface area contributed by atoms with Gasteiger partial charge in [0, 0.05) is 8.07 Å². The molecule has 8 nitrogen and oxygen atoms in total. The number of thioether (sulfide) groups is 1. The van der Waals surface area contributed by atoms with Crippen LogP contribution in [0.5, 0.6) is 0 Å². The number of likely N-dealkylation sites (tertiary alicyclic amines) is 1. The Bertz CT molecular complexity index is 919. The predicted molar refractivity (Wildman–Crippen MR) is 137 cm³/mol. The minimum Gasteiger partial charge on any atom is -0.460 e. The Kier molecular flexibility index (Phi) is 8.82. The lowest BCUT2D eigenvalue weighted by atomic mass is 9.92. The highest BCUT2D eigenvalue weighted by atomic mass is 32.2. The molecule has 34 heavy (non-hydrogen) atoms. The van der Waals surface area contributed by atoms with E-state index < -0.39 is 56.7 Å². The highest BCUT2D eigenvalue weighted by molar-refractivity contribution is 8.14. The second kappa shape index (κ2) is 10.5. The minimum absolute atomic E-state index is 0.0869. The summed E-state index contributed by atoms with van der Waals surface area (Å²) in [4.78, 5) is 51.9. The summed E-state index contributed by atoms with van der Waals surface area (Å²) >= 11 is 0.786. The molecule has 0 aromatic carbocycles. The molecule has 0 unspecified atom stereocenters. The van der Waals surface area contributed by atoms with Crippen LogP contribution in [0.4, 0.5) is 0 Å². The summed E-state index contributed by atoms with van der Waals surface area (Å²) in [5.74, 6) is -3.33. The molecule has 0 aliphatic carbocycles. The van der Waals surface area contributed by atoms with E-state index in [0.29, 0.717) is 6.04 Å². The van der Waals surface area contributed by atoms with Crippen molar-refractivity contribution < 1.29 is 32.8 Å². The average molecular weight is 528 g/mol. The van der Waals surface area contributed by atoms with Gasteiger partial charge < -0.3 is 13.6 Å². The number of carbonyl (C=O) groups is 4. The number of ether oxygens (including phenoxy) is 1. The van der Waals surface area contributed by atoms with Crippen LogP contribution in [0.25, 0.3) is 0 Å². The molecule has 1 saturated heterocycles. The van der Waals surface area contributed by atoms with Gasteiger partial charge in [-0.2, -0.15) is 0 Å². The van der Waals surface area contributed by atoms with Gasteiger partial charge in [-0.3, -0.25) is 19.3 Å². The molecule has 0 spiro atoms. The van der Waals surface area contributed by atoms with Crippen molar-refractivity contribution in [1.82, 2.24) is 4.90 Å². The van der Waals surface area contributed by atoms with Gasteiger partial charge in [0.2, 0.25) is 5.91 Å². The number of carbonyl (C=O) groups excluding carboxylic acids is 4. The van der Waals surface area contributed by atoms with E-state index >= 15 is 0 Å². The van der Waals surface area contributed by atoms with Gasteiger partial charge in [-0.05, 0) is 43.2 Å². The number of esters is 1. The molecule has 0 saturated carbocycles. The maximum Gasteiger partial charge on any atom is 0.397 e. The third-order valence-corrected chi connectivity index (χ3v) is 13.7. The maximum atomic E-state index is 13.1. The van der Waals surface area contributed by atoms with Crippen LogP contribution in [-0.2, 0) is 23.5 Å². The summed E-state index contributed by atoms with van der Waals surface area (Å²) in [5.41, 5.74) is 0. The maximum absolute atomic E-state index is 13.1. The Hall–Kier alpha value is -1.70. The van der Waals surface area contributed by atoms with Crippen LogP contribution in [0.15, 0.2) is 22.8 Å². The van der Waals surface area contributed by atoms with Crippen molar-refractivity contribution in [3.8, 4) is 0 Å². The first kappa shape index (κ1) is 28.5. The lowest BCUT2D eigenvalue weighted by Gasteiger charge is -2.48. The molecular formula is C23H37NO7SSi2. The Morgan fingerprint density at radius 3 is 2.29 bits per heavy atom. The van der Waals surface area contributed by atoms with Crippen LogP contribution < -0.4 is 0 Å². The van der Waals surface area contributed by atoms with E-state index in [-0.39, 0.29) is 17.4 Å². The molecule has 0 radical (unpaired) electrons. The predicted octanol–water partition coefficient (Wildman–Crippen LogP) is 4.76. The van der Waals surface area contributed by atoms with E-state index in [4.69, 9.17) is 13.6 Å². The summed E-state index contributed by atoms with van der Waals surface area (Å²) in [6.07, 6.45) is 0.835. The molecule has 1 aliphatic heterocycles. The van der Waals surface area contributed by atoms with Gasteiger partial charge in [0.1, 0.15) is 5.37 Å². The molecule has 1 aromatic rings. The number of amides is 2. The summed E-state index contributed by atoms with van der Waals surface area (Å²) in [6, 6.07) is 3.80. The lowest BCUT2D eigenvalue weighted by molar-refractivity contribution is -0.174. The number of furan rings is 1. The molecule has 2 amide bonds. The third kappa shape index (κ3) is 6.70. The fraction of sp³-hybridized carbons (Fsp3) is 0.652. The quantitative estimate of drug-likeness (QED) is 0.206. The minimum atomic E-state index is -2.23. The first-order chi connectivity index (χ1) is 15.5. The Morgan fingerprint density at radius 1 is 1.18 bits per heavy atom. The van der Waals surface area contributed by atoms with Crippen molar-refractivity contribution in [1.29, 1.82) is 0 Å². The average Bonchev–Trinajstić information content (AvgIpc) is 3.20. The van der Waals surface area contributed by atoms with E-state index in [1.54, 1.807) is 13.0 Å². The highest BCUT2D eigenvalue weighted by Gasteiger charge is 2.57. The van der Waals surface area contributed by atoms with Gasteiger partial charge in [0.05, 0.1) is 24.9 Å². The molecule has 190 valence electrons. The third-order valence-electron chi connectivity index (χ3n) is 6.31. The zero-order valence-corrected chi connectivity index (χ0v) is 24.4. The molecule has 2 heterocycles. The van der Waals surface area contributed by atoms with Gasteiger partial charge in [0.25, 0.3) is 5.12 Å². The lowest BCUT2D eigenvalue weighted by Crippen LogP contribution is -2.67. The molecule has 1 fully saturated rings. The smallest absolute Gasteiger partial charge is 0.397 e. The monoisotopic (exact) mass is 527 g/mol. The first-order valence-corrected chi connectivity index (χ1v) is 18.9. The zero-order chi connectivity index (χ0) is 26.1. The summed E-state index contributed by atoms with van der Waals surface area (Å²) in [7, 11) is -3.69. The second-order valence-corrected chi connectivity index (χ2v) is 22.8. The summed E-state index contributed by atoms with van der Waals surface area (Å²) in [6.45, 7) is 18.7. The van der Waals surface area contributed by atoms with Crippen molar-refractivity contribution in [2.24, 2.45) is 5.92 Å². The normalized spacial score (nSPS) is 20.0. The number of nitrogens with zero attached hydrogens (tertiary/aromatic N) is 1. The zero-order valence-electron chi connectivity index (χ0n) is 21.6. The van der Waals surface area contributed by atoms with Crippen LogP contribution in [-0.4, -0.2) is 62.3 Å². The van der Waals surface area contributed by atoms with E-state index in [9.17, 15) is 19.2 Å². The SMILES string of the molecule is C[C@@H](O[Si](C)(C)C(C)(C)C)[C@H]1C(=O)N(C(=O)C(=O)OCC[Si](C)(C)C)[C@@H]1SC(=O)c1ccco1. The molecule has 2 rings (SSSR count). The van der Waals surface area contributed by atoms with Gasteiger partial charge in [-0.15, -0.1) is 0 Å². The van der Waals surface area contributed by atoms with Crippen LogP contribution in [0, 0.1) is 5.92 Å². The van der Waals surface area contributed by atoms with Gasteiger partial charge in [-0.25, -0.2) is 4.79 Å². The van der Waals surface area contributed by atoms with E-state index in [2.05, 4.69) is 53.5 Å². The Balaban J connectivity index is 2.21. The summed E-state index contributed by atoms with van der Waals surface area (Å²) in [5, 5.41) is -1.41. The topological polar surface area (TPSA) is 103 Å². The van der Waals surface area contributed by atoms with Crippen molar-refractivity contribution in [2.45, 2.75) is 83.0 Å².